The van der Waals surface area contributed by atoms with Crippen LogP contribution in [0, 0.1) is 5.41 Å². The third kappa shape index (κ3) is 6.68. The van der Waals surface area contributed by atoms with E-state index in [9.17, 15) is 4.79 Å². The lowest BCUT2D eigenvalue weighted by Crippen LogP contribution is -2.47. The summed E-state index contributed by atoms with van der Waals surface area (Å²) in [4.78, 5) is 14.6. The minimum Gasteiger partial charge on any atom is -0.383 e. The number of ether oxygens (including phenoxy) is 1. The van der Waals surface area contributed by atoms with Gasteiger partial charge in [-0.05, 0) is 19.9 Å². The second-order valence-corrected chi connectivity index (χ2v) is 5.54. The Labute approximate surface area is 124 Å². The van der Waals surface area contributed by atoms with Gasteiger partial charge in [0, 0.05) is 33.3 Å². The van der Waals surface area contributed by atoms with Crippen LogP contribution in [0.4, 0.5) is 0 Å². The van der Waals surface area contributed by atoms with E-state index in [2.05, 4.69) is 24.1 Å². The molecule has 5 nitrogen and oxygen atoms in total. The van der Waals surface area contributed by atoms with Crippen molar-refractivity contribution in [1.29, 1.82) is 0 Å². The first-order valence-electron chi connectivity index (χ1n) is 7.72. The normalized spacial score (nSPS) is 11.9. The van der Waals surface area contributed by atoms with Crippen molar-refractivity contribution < 1.29 is 9.53 Å². The second-order valence-electron chi connectivity index (χ2n) is 5.54. The zero-order valence-electron chi connectivity index (χ0n) is 13.7. The Kier molecular flexibility index (Phi) is 10.7. The summed E-state index contributed by atoms with van der Waals surface area (Å²) >= 11 is 0. The average Bonchev–Trinajstić information content (AvgIpc) is 2.44. The SMILES string of the molecule is CCCC(CN)(CCC)C(=O)NCCN(C)CCOC. The molecular weight excluding hydrogens is 254 g/mol. The number of carbonyl (C=O) groups excluding carboxylic acids is 1. The molecule has 1 amide bonds. The molecule has 0 aromatic rings. The van der Waals surface area contributed by atoms with E-state index in [4.69, 9.17) is 10.5 Å². The number of methoxy groups -OCH3 is 1. The van der Waals surface area contributed by atoms with Crippen LogP contribution >= 0.6 is 0 Å². The van der Waals surface area contributed by atoms with E-state index in [1.54, 1.807) is 7.11 Å². The van der Waals surface area contributed by atoms with Gasteiger partial charge in [0.15, 0.2) is 0 Å². The smallest absolute Gasteiger partial charge is 0.227 e. The van der Waals surface area contributed by atoms with Crippen LogP contribution in [0.1, 0.15) is 39.5 Å². The minimum absolute atomic E-state index is 0.115. The zero-order valence-corrected chi connectivity index (χ0v) is 13.7. The van der Waals surface area contributed by atoms with Gasteiger partial charge in [0.1, 0.15) is 0 Å². The highest BCUT2D eigenvalue weighted by Crippen LogP contribution is 2.28. The number of nitrogens with one attached hydrogen (secondary N) is 1. The van der Waals surface area contributed by atoms with Crippen molar-refractivity contribution in [2.45, 2.75) is 39.5 Å². The molecule has 0 aliphatic carbocycles. The number of hydrogen-bond donors (Lipinski definition) is 2. The molecule has 0 aliphatic rings. The molecule has 5 heteroatoms. The van der Waals surface area contributed by atoms with Crippen LogP contribution in [0.15, 0.2) is 0 Å². The molecule has 0 spiro atoms. The Hall–Kier alpha value is -0.650. The van der Waals surface area contributed by atoms with Gasteiger partial charge in [-0.15, -0.1) is 0 Å². The molecule has 3 N–H and O–H groups in total. The molecule has 0 radical (unpaired) electrons. The van der Waals surface area contributed by atoms with Crippen LogP contribution in [-0.2, 0) is 9.53 Å². The van der Waals surface area contributed by atoms with Gasteiger partial charge in [-0.25, -0.2) is 0 Å². The second kappa shape index (κ2) is 11.1. The Morgan fingerprint density at radius 1 is 1.25 bits per heavy atom. The molecule has 0 saturated carbocycles. The van der Waals surface area contributed by atoms with Crippen molar-refractivity contribution in [1.82, 2.24) is 10.2 Å². The molecular formula is C15H33N3O2. The molecule has 0 fully saturated rings. The fourth-order valence-electron chi connectivity index (χ4n) is 2.51. The maximum Gasteiger partial charge on any atom is 0.227 e. The largest absolute Gasteiger partial charge is 0.383 e. The lowest BCUT2D eigenvalue weighted by molar-refractivity contribution is -0.131. The van der Waals surface area contributed by atoms with Gasteiger partial charge in [0.05, 0.1) is 12.0 Å². The fourth-order valence-corrected chi connectivity index (χ4v) is 2.51. The number of carbonyl (C=O) groups is 1. The summed E-state index contributed by atoms with van der Waals surface area (Å²) in [6, 6.07) is 0. The van der Waals surface area contributed by atoms with Crippen molar-refractivity contribution in [3.63, 3.8) is 0 Å². The van der Waals surface area contributed by atoms with Gasteiger partial charge in [-0.3, -0.25) is 4.79 Å². The van der Waals surface area contributed by atoms with Crippen molar-refractivity contribution in [3.8, 4) is 0 Å². The molecule has 0 aromatic carbocycles. The van der Waals surface area contributed by atoms with E-state index in [0.717, 1.165) is 38.8 Å². The van der Waals surface area contributed by atoms with Crippen LogP contribution in [-0.4, -0.2) is 57.8 Å². The van der Waals surface area contributed by atoms with Gasteiger partial charge < -0.3 is 20.7 Å². The minimum atomic E-state index is -0.380. The van der Waals surface area contributed by atoms with Gasteiger partial charge in [0.25, 0.3) is 0 Å². The Morgan fingerprint density at radius 2 is 1.85 bits per heavy atom. The average molecular weight is 287 g/mol. The van der Waals surface area contributed by atoms with Crippen molar-refractivity contribution >= 4 is 5.91 Å². The van der Waals surface area contributed by atoms with E-state index in [-0.39, 0.29) is 11.3 Å². The summed E-state index contributed by atoms with van der Waals surface area (Å²) in [5, 5.41) is 3.05. The molecule has 0 bridgehead atoms. The van der Waals surface area contributed by atoms with Crippen LogP contribution in [0.25, 0.3) is 0 Å². The molecule has 0 unspecified atom stereocenters. The van der Waals surface area contributed by atoms with Crippen molar-refractivity contribution in [3.05, 3.63) is 0 Å². The number of rotatable bonds is 12. The predicted molar refractivity (Wildman–Crippen MR) is 83.7 cm³/mol. The first-order valence-corrected chi connectivity index (χ1v) is 7.72. The van der Waals surface area contributed by atoms with Crippen LogP contribution < -0.4 is 11.1 Å². The van der Waals surface area contributed by atoms with E-state index in [0.29, 0.717) is 19.7 Å². The summed E-state index contributed by atoms with van der Waals surface area (Å²) in [7, 11) is 3.72. The highest BCUT2D eigenvalue weighted by molar-refractivity contribution is 5.82. The lowest BCUT2D eigenvalue weighted by Gasteiger charge is -2.31. The quantitative estimate of drug-likeness (QED) is 0.566. The Balaban J connectivity index is 4.25. The summed E-state index contributed by atoms with van der Waals surface area (Å²) in [6.07, 6.45) is 3.70. The predicted octanol–water partition coefficient (Wildman–Crippen LogP) is 1.23. The first kappa shape index (κ1) is 19.4. The Morgan fingerprint density at radius 3 is 2.30 bits per heavy atom. The van der Waals surface area contributed by atoms with Gasteiger partial charge >= 0.3 is 0 Å². The number of nitrogens with two attached hydrogens (primary N) is 1. The number of hydrogen-bond acceptors (Lipinski definition) is 4. The maximum atomic E-state index is 12.4. The summed E-state index contributed by atoms with van der Waals surface area (Å²) in [5.41, 5.74) is 5.51. The molecule has 120 valence electrons. The summed E-state index contributed by atoms with van der Waals surface area (Å²) in [5.74, 6) is 0.115. The third-order valence-corrected chi connectivity index (χ3v) is 3.79. The van der Waals surface area contributed by atoms with E-state index in [1.807, 2.05) is 7.05 Å². The molecule has 0 aromatic heterocycles. The van der Waals surface area contributed by atoms with E-state index in [1.165, 1.54) is 0 Å². The molecule has 20 heavy (non-hydrogen) atoms. The van der Waals surface area contributed by atoms with Gasteiger partial charge in [-0.2, -0.15) is 0 Å². The standard InChI is InChI=1S/C15H33N3O2/c1-5-7-15(13-16,8-6-2)14(19)17-9-10-18(3)11-12-20-4/h5-13,16H2,1-4H3,(H,17,19). The fraction of sp³-hybridized carbons (Fsp3) is 0.933. The van der Waals surface area contributed by atoms with Crippen molar-refractivity contribution in [2.24, 2.45) is 11.1 Å². The number of nitrogens with zero attached hydrogens (tertiary/aromatic N) is 1. The number of amides is 1. The van der Waals surface area contributed by atoms with Crippen LogP contribution in [0.5, 0.6) is 0 Å². The first-order chi connectivity index (χ1) is 9.56. The van der Waals surface area contributed by atoms with Crippen LogP contribution in [0.2, 0.25) is 0 Å². The van der Waals surface area contributed by atoms with E-state index >= 15 is 0 Å². The molecule has 0 rings (SSSR count). The van der Waals surface area contributed by atoms with Gasteiger partial charge in [-0.1, -0.05) is 26.7 Å². The maximum absolute atomic E-state index is 12.4. The number of likely N-dealkylation sites (N-methyl/N-ethyl adjacent to an activating group) is 1. The summed E-state index contributed by atoms with van der Waals surface area (Å²) < 4.78 is 5.03. The van der Waals surface area contributed by atoms with E-state index < -0.39 is 0 Å². The highest BCUT2D eigenvalue weighted by Gasteiger charge is 2.34. The molecule has 0 saturated heterocycles. The lowest BCUT2D eigenvalue weighted by atomic mass is 9.78. The van der Waals surface area contributed by atoms with Crippen LogP contribution in [0.3, 0.4) is 0 Å². The highest BCUT2D eigenvalue weighted by atomic mass is 16.5. The molecule has 0 heterocycles. The topological polar surface area (TPSA) is 67.6 Å². The molecule has 0 atom stereocenters. The molecule has 0 aliphatic heterocycles. The monoisotopic (exact) mass is 287 g/mol. The zero-order chi connectivity index (χ0) is 15.4. The Bertz CT molecular complexity index is 254. The third-order valence-electron chi connectivity index (χ3n) is 3.79. The summed E-state index contributed by atoms with van der Waals surface area (Å²) in [6.45, 7) is 7.71. The van der Waals surface area contributed by atoms with Gasteiger partial charge in [0.2, 0.25) is 5.91 Å². The van der Waals surface area contributed by atoms with Crippen molar-refractivity contribution in [2.75, 3.05) is 46.9 Å².